The second-order valence-corrected chi connectivity index (χ2v) is 5.65. The zero-order valence-corrected chi connectivity index (χ0v) is 11.6. The summed E-state index contributed by atoms with van der Waals surface area (Å²) in [5, 5.41) is 5.00. The van der Waals surface area contributed by atoms with Crippen molar-refractivity contribution < 1.29 is 4.79 Å². The molecule has 1 aromatic heterocycles. The molecule has 0 aromatic carbocycles. The van der Waals surface area contributed by atoms with E-state index >= 15 is 0 Å². The van der Waals surface area contributed by atoms with Gasteiger partial charge in [-0.2, -0.15) is 0 Å². The molecule has 0 radical (unpaired) electrons. The maximum absolute atomic E-state index is 11.4. The molecule has 2 heterocycles. The van der Waals surface area contributed by atoms with Crippen LogP contribution in [0.5, 0.6) is 0 Å². The Labute approximate surface area is 112 Å². The van der Waals surface area contributed by atoms with Gasteiger partial charge in [-0.05, 0) is 17.9 Å². The third-order valence-corrected chi connectivity index (χ3v) is 4.40. The zero-order valence-electron chi connectivity index (χ0n) is 10.8. The van der Waals surface area contributed by atoms with Crippen molar-refractivity contribution in [3.05, 3.63) is 22.4 Å². The van der Waals surface area contributed by atoms with Crippen molar-refractivity contribution in [2.24, 2.45) is 5.73 Å². The van der Waals surface area contributed by atoms with Crippen LogP contribution in [0.4, 0.5) is 0 Å². The van der Waals surface area contributed by atoms with Crippen LogP contribution in [0.1, 0.15) is 30.7 Å². The van der Waals surface area contributed by atoms with Crippen molar-refractivity contribution in [3.63, 3.8) is 0 Å². The fourth-order valence-corrected chi connectivity index (χ4v) is 3.34. The van der Waals surface area contributed by atoms with Crippen molar-refractivity contribution in [2.45, 2.75) is 31.8 Å². The summed E-state index contributed by atoms with van der Waals surface area (Å²) in [6.45, 7) is 4.51. The van der Waals surface area contributed by atoms with Crippen molar-refractivity contribution in [1.29, 1.82) is 0 Å². The predicted octanol–water partition coefficient (Wildman–Crippen LogP) is 1.35. The first-order valence-corrected chi connectivity index (χ1v) is 7.40. The molecule has 100 valence electrons. The minimum atomic E-state index is 0.122. The zero-order chi connectivity index (χ0) is 13.0. The fraction of sp³-hybridized carbons (Fsp3) is 0.615. The first-order chi connectivity index (χ1) is 8.72. The van der Waals surface area contributed by atoms with Crippen LogP contribution in [-0.2, 0) is 4.79 Å². The van der Waals surface area contributed by atoms with Crippen LogP contribution in [0.2, 0.25) is 0 Å². The Morgan fingerprint density at radius 1 is 1.56 bits per heavy atom. The van der Waals surface area contributed by atoms with Gasteiger partial charge in [-0.3, -0.25) is 9.69 Å². The van der Waals surface area contributed by atoms with Crippen LogP contribution in [0.3, 0.4) is 0 Å². The molecule has 0 aliphatic carbocycles. The lowest BCUT2D eigenvalue weighted by atomic mass is 10.0. The molecule has 1 amide bonds. The molecule has 4 nitrogen and oxygen atoms in total. The maximum Gasteiger partial charge on any atom is 0.221 e. The normalized spacial score (nSPS) is 21.1. The Balaban J connectivity index is 2.15. The van der Waals surface area contributed by atoms with Gasteiger partial charge < -0.3 is 11.1 Å². The molecule has 18 heavy (non-hydrogen) atoms. The van der Waals surface area contributed by atoms with Gasteiger partial charge in [0.1, 0.15) is 0 Å². The highest BCUT2D eigenvalue weighted by Crippen LogP contribution is 2.29. The Morgan fingerprint density at radius 3 is 3.06 bits per heavy atom. The van der Waals surface area contributed by atoms with E-state index in [0.717, 1.165) is 26.1 Å². The van der Waals surface area contributed by atoms with Gasteiger partial charge >= 0.3 is 0 Å². The second-order valence-electron chi connectivity index (χ2n) is 4.67. The molecule has 0 saturated carbocycles. The molecule has 1 fully saturated rings. The summed E-state index contributed by atoms with van der Waals surface area (Å²) in [4.78, 5) is 15.1. The van der Waals surface area contributed by atoms with E-state index in [0.29, 0.717) is 6.42 Å². The molecule has 2 rings (SSSR count). The van der Waals surface area contributed by atoms with E-state index in [1.54, 1.807) is 11.3 Å². The van der Waals surface area contributed by atoms with Crippen LogP contribution in [0.15, 0.2) is 17.5 Å². The first kappa shape index (κ1) is 13.5. The van der Waals surface area contributed by atoms with Crippen molar-refractivity contribution in [3.8, 4) is 0 Å². The largest absolute Gasteiger partial charge is 0.355 e. The third-order valence-electron chi connectivity index (χ3n) is 3.45. The van der Waals surface area contributed by atoms with E-state index in [-0.39, 0.29) is 18.0 Å². The summed E-state index contributed by atoms with van der Waals surface area (Å²) >= 11 is 1.75. The van der Waals surface area contributed by atoms with Crippen LogP contribution < -0.4 is 11.1 Å². The third kappa shape index (κ3) is 3.10. The van der Waals surface area contributed by atoms with Gasteiger partial charge in [0.05, 0.1) is 6.04 Å². The Bertz CT molecular complexity index is 380. The van der Waals surface area contributed by atoms with Crippen LogP contribution in [0, 0.1) is 0 Å². The van der Waals surface area contributed by atoms with E-state index < -0.39 is 0 Å². The smallest absolute Gasteiger partial charge is 0.221 e. The number of thiophene rings is 1. The first-order valence-electron chi connectivity index (χ1n) is 6.52. The van der Waals surface area contributed by atoms with Crippen LogP contribution in [-0.4, -0.2) is 36.5 Å². The second kappa shape index (κ2) is 6.31. The molecular weight excluding hydrogens is 246 g/mol. The summed E-state index contributed by atoms with van der Waals surface area (Å²) in [5.41, 5.74) is 6.28. The summed E-state index contributed by atoms with van der Waals surface area (Å²) in [6, 6.07) is 4.57. The average molecular weight is 267 g/mol. The average Bonchev–Trinajstić information content (AvgIpc) is 2.80. The van der Waals surface area contributed by atoms with Gasteiger partial charge in [0, 0.05) is 37.0 Å². The number of carbonyl (C=O) groups is 1. The lowest BCUT2D eigenvalue weighted by Gasteiger charge is -2.33. The molecule has 5 heteroatoms. The van der Waals surface area contributed by atoms with E-state index in [9.17, 15) is 4.79 Å². The highest BCUT2D eigenvalue weighted by molar-refractivity contribution is 7.10. The van der Waals surface area contributed by atoms with Crippen LogP contribution >= 0.6 is 11.3 Å². The van der Waals surface area contributed by atoms with Gasteiger partial charge in [0.2, 0.25) is 5.91 Å². The van der Waals surface area contributed by atoms with Crippen molar-refractivity contribution in [2.75, 3.05) is 19.6 Å². The number of rotatable bonds is 4. The maximum atomic E-state index is 11.4. The van der Waals surface area contributed by atoms with E-state index in [4.69, 9.17) is 5.73 Å². The Morgan fingerprint density at radius 2 is 2.39 bits per heavy atom. The molecule has 1 saturated heterocycles. The molecule has 2 atom stereocenters. The van der Waals surface area contributed by atoms with E-state index in [2.05, 4.69) is 34.7 Å². The van der Waals surface area contributed by atoms with Gasteiger partial charge in [-0.1, -0.05) is 13.0 Å². The summed E-state index contributed by atoms with van der Waals surface area (Å²) in [7, 11) is 0. The number of hydrogen-bond donors (Lipinski definition) is 2. The SMILES string of the molecule is CCC(N)C(c1cccs1)N1CCNC(=O)CC1. The minimum Gasteiger partial charge on any atom is -0.355 e. The number of hydrogen-bond acceptors (Lipinski definition) is 4. The molecule has 0 bridgehead atoms. The van der Waals surface area contributed by atoms with Crippen molar-refractivity contribution >= 4 is 17.2 Å². The molecule has 3 N–H and O–H groups in total. The molecule has 0 spiro atoms. The lowest BCUT2D eigenvalue weighted by Crippen LogP contribution is -2.42. The quantitative estimate of drug-likeness (QED) is 0.866. The number of nitrogens with two attached hydrogens (primary N) is 1. The topological polar surface area (TPSA) is 58.4 Å². The summed E-state index contributed by atoms with van der Waals surface area (Å²) in [5.74, 6) is 0.146. The summed E-state index contributed by atoms with van der Waals surface area (Å²) < 4.78 is 0. The molecular formula is C13H21N3OS. The molecule has 1 aliphatic heterocycles. The fourth-order valence-electron chi connectivity index (χ4n) is 2.41. The number of carbonyl (C=O) groups excluding carboxylic acids is 1. The standard InChI is InChI=1S/C13H21N3OS/c1-2-10(14)13(11-4-3-9-18-11)16-7-5-12(17)15-6-8-16/h3-4,9-10,13H,2,5-8,14H2,1H3,(H,15,17). The van der Waals surface area contributed by atoms with Gasteiger partial charge in [0.25, 0.3) is 0 Å². The van der Waals surface area contributed by atoms with E-state index in [1.807, 2.05) is 0 Å². The lowest BCUT2D eigenvalue weighted by molar-refractivity contribution is -0.120. The minimum absolute atomic E-state index is 0.122. The monoisotopic (exact) mass is 267 g/mol. The molecule has 2 unspecified atom stereocenters. The summed E-state index contributed by atoms with van der Waals surface area (Å²) in [6.07, 6.45) is 1.51. The predicted molar refractivity (Wildman–Crippen MR) is 74.5 cm³/mol. The number of nitrogens with zero attached hydrogens (tertiary/aromatic N) is 1. The number of nitrogens with one attached hydrogen (secondary N) is 1. The number of amides is 1. The van der Waals surface area contributed by atoms with Gasteiger partial charge in [-0.25, -0.2) is 0 Å². The highest BCUT2D eigenvalue weighted by atomic mass is 32.1. The van der Waals surface area contributed by atoms with Gasteiger partial charge in [-0.15, -0.1) is 11.3 Å². The molecule has 1 aromatic rings. The Kier molecular flexibility index (Phi) is 4.74. The van der Waals surface area contributed by atoms with Gasteiger partial charge in [0.15, 0.2) is 0 Å². The highest BCUT2D eigenvalue weighted by Gasteiger charge is 2.28. The van der Waals surface area contributed by atoms with E-state index in [1.165, 1.54) is 4.88 Å². The van der Waals surface area contributed by atoms with Crippen molar-refractivity contribution in [1.82, 2.24) is 10.2 Å². The Hall–Kier alpha value is -0.910. The van der Waals surface area contributed by atoms with Crippen LogP contribution in [0.25, 0.3) is 0 Å². The molecule has 1 aliphatic rings.